The van der Waals surface area contributed by atoms with Gasteiger partial charge in [0.15, 0.2) is 0 Å². The van der Waals surface area contributed by atoms with Crippen LogP contribution in [0.25, 0.3) is 0 Å². The predicted molar refractivity (Wildman–Crippen MR) is 94.5 cm³/mol. The summed E-state index contributed by atoms with van der Waals surface area (Å²) in [6, 6.07) is 4.82. The Morgan fingerprint density at radius 2 is 2.10 bits per heavy atom. The average molecular weight is 347 g/mol. The molecule has 0 bridgehead atoms. The lowest BCUT2D eigenvalue weighted by Crippen LogP contribution is -2.35. The van der Waals surface area contributed by atoms with Crippen LogP contribution in [0.2, 0.25) is 0 Å². The molecule has 0 aliphatic heterocycles. The molecule has 0 heterocycles. The first-order valence-corrected chi connectivity index (χ1v) is 9.83. The van der Waals surface area contributed by atoms with Crippen LogP contribution >= 0.6 is 24.0 Å². The van der Waals surface area contributed by atoms with Crippen molar-refractivity contribution in [3.63, 3.8) is 0 Å². The van der Waals surface area contributed by atoms with E-state index in [9.17, 15) is 8.42 Å². The zero-order valence-electron chi connectivity index (χ0n) is 12.8. The summed E-state index contributed by atoms with van der Waals surface area (Å²) in [5.74, 6) is 0.931. The van der Waals surface area contributed by atoms with Gasteiger partial charge in [-0.1, -0.05) is 18.3 Å². The Bertz CT molecular complexity index is 615. The largest absolute Gasteiger partial charge is 0.389 e. The molecule has 0 fully saturated rings. The van der Waals surface area contributed by atoms with Gasteiger partial charge in [0.05, 0.1) is 4.90 Å². The number of benzene rings is 1. The second-order valence-corrected chi connectivity index (χ2v) is 8.42. The molecule has 1 aromatic carbocycles. The van der Waals surface area contributed by atoms with Crippen LogP contribution in [-0.2, 0) is 10.0 Å². The molecule has 1 atom stereocenters. The van der Waals surface area contributed by atoms with E-state index >= 15 is 0 Å². The molecule has 1 unspecified atom stereocenters. The number of hydrogen-bond donors (Lipinski definition) is 1. The van der Waals surface area contributed by atoms with Crippen molar-refractivity contribution in [2.24, 2.45) is 5.73 Å². The fourth-order valence-corrected chi connectivity index (χ4v) is 4.23. The van der Waals surface area contributed by atoms with Crippen LogP contribution in [0.5, 0.6) is 0 Å². The molecule has 0 aliphatic rings. The number of nitrogens with zero attached hydrogens (tertiary/aromatic N) is 1. The van der Waals surface area contributed by atoms with Gasteiger partial charge in [0.1, 0.15) is 4.99 Å². The third-order valence-electron chi connectivity index (χ3n) is 3.50. The first-order chi connectivity index (χ1) is 9.71. The minimum absolute atomic E-state index is 0.0435. The molecule has 0 aromatic heterocycles. The first-order valence-electron chi connectivity index (χ1n) is 6.59. The van der Waals surface area contributed by atoms with Crippen LogP contribution in [0, 0.1) is 6.92 Å². The van der Waals surface area contributed by atoms with Crippen molar-refractivity contribution in [2.45, 2.75) is 31.2 Å². The zero-order valence-corrected chi connectivity index (χ0v) is 15.2. The molecule has 0 aliphatic carbocycles. The number of rotatable bonds is 7. The highest BCUT2D eigenvalue weighted by molar-refractivity contribution is 7.98. The Morgan fingerprint density at radius 1 is 1.48 bits per heavy atom. The van der Waals surface area contributed by atoms with Gasteiger partial charge >= 0.3 is 0 Å². The van der Waals surface area contributed by atoms with Gasteiger partial charge in [0.25, 0.3) is 0 Å². The van der Waals surface area contributed by atoms with Gasteiger partial charge in [-0.15, -0.1) is 0 Å². The number of aryl methyl sites for hydroxylation is 1. The molecule has 7 heteroatoms. The van der Waals surface area contributed by atoms with E-state index in [1.165, 1.54) is 4.31 Å². The van der Waals surface area contributed by atoms with Crippen molar-refractivity contribution >= 4 is 39.0 Å². The maximum absolute atomic E-state index is 12.6. The Morgan fingerprint density at radius 3 is 2.57 bits per heavy atom. The van der Waals surface area contributed by atoms with Gasteiger partial charge in [-0.2, -0.15) is 16.1 Å². The third-order valence-corrected chi connectivity index (χ3v) is 6.33. The van der Waals surface area contributed by atoms with Crippen LogP contribution in [0.4, 0.5) is 0 Å². The summed E-state index contributed by atoms with van der Waals surface area (Å²) in [6.07, 6.45) is 2.83. The molecule has 0 saturated heterocycles. The molecule has 118 valence electrons. The van der Waals surface area contributed by atoms with Gasteiger partial charge in [-0.05, 0) is 50.0 Å². The van der Waals surface area contributed by atoms with E-state index in [1.54, 1.807) is 37.0 Å². The number of thiocarbonyl (C=S) groups is 1. The second-order valence-electron chi connectivity index (χ2n) is 4.99. The van der Waals surface area contributed by atoms with Crippen molar-refractivity contribution < 1.29 is 8.42 Å². The quantitative estimate of drug-likeness (QED) is 0.768. The van der Waals surface area contributed by atoms with Crippen molar-refractivity contribution in [1.82, 2.24) is 4.31 Å². The molecule has 1 aromatic rings. The number of sulfonamides is 1. The lowest BCUT2D eigenvalue weighted by Gasteiger charge is -2.24. The highest BCUT2D eigenvalue weighted by Crippen LogP contribution is 2.21. The van der Waals surface area contributed by atoms with E-state index in [2.05, 4.69) is 0 Å². The van der Waals surface area contributed by atoms with E-state index in [4.69, 9.17) is 18.0 Å². The molecule has 0 radical (unpaired) electrons. The molecular weight excluding hydrogens is 324 g/mol. The highest BCUT2D eigenvalue weighted by Gasteiger charge is 2.25. The summed E-state index contributed by atoms with van der Waals surface area (Å²) < 4.78 is 26.7. The van der Waals surface area contributed by atoms with Gasteiger partial charge in [-0.25, -0.2) is 8.42 Å². The maximum atomic E-state index is 12.6. The summed E-state index contributed by atoms with van der Waals surface area (Å²) in [7, 11) is -1.87. The van der Waals surface area contributed by atoms with E-state index in [-0.39, 0.29) is 15.9 Å². The van der Waals surface area contributed by atoms with Crippen molar-refractivity contribution in [3.8, 4) is 0 Å². The van der Waals surface area contributed by atoms with Crippen molar-refractivity contribution in [2.75, 3.05) is 19.1 Å². The molecule has 0 spiro atoms. The Kier molecular flexibility index (Phi) is 6.65. The molecular formula is C14H22N2O2S3. The Hall–Kier alpha value is -0.630. The average Bonchev–Trinajstić information content (AvgIpc) is 2.43. The summed E-state index contributed by atoms with van der Waals surface area (Å²) in [5, 5.41) is 0. The highest BCUT2D eigenvalue weighted by atomic mass is 32.2. The monoisotopic (exact) mass is 346 g/mol. The Balaban J connectivity index is 3.08. The molecule has 2 N–H and O–H groups in total. The fraction of sp³-hybridized carbons (Fsp3) is 0.500. The molecule has 4 nitrogen and oxygen atoms in total. The summed E-state index contributed by atoms with van der Waals surface area (Å²) >= 11 is 6.65. The number of nitrogens with two attached hydrogens (primary N) is 1. The lowest BCUT2D eigenvalue weighted by atomic mass is 10.1. The van der Waals surface area contributed by atoms with E-state index in [1.807, 2.05) is 20.1 Å². The van der Waals surface area contributed by atoms with Gasteiger partial charge in [0.2, 0.25) is 10.0 Å². The second kappa shape index (κ2) is 7.58. The number of thioether (sulfide) groups is 1. The predicted octanol–water partition coefficient (Wildman–Crippen LogP) is 2.39. The van der Waals surface area contributed by atoms with Gasteiger partial charge in [-0.3, -0.25) is 0 Å². The fourth-order valence-electron chi connectivity index (χ4n) is 1.95. The van der Waals surface area contributed by atoms with Gasteiger partial charge < -0.3 is 5.73 Å². The summed E-state index contributed by atoms with van der Waals surface area (Å²) in [4.78, 5) is 0.552. The smallest absolute Gasteiger partial charge is 0.243 e. The molecule has 0 saturated carbocycles. The minimum Gasteiger partial charge on any atom is -0.389 e. The topological polar surface area (TPSA) is 63.4 Å². The minimum atomic E-state index is -3.49. The number of hydrogen-bond acceptors (Lipinski definition) is 4. The normalized spacial score (nSPS) is 13.4. The molecule has 0 amide bonds. The van der Waals surface area contributed by atoms with Crippen LogP contribution in [0.3, 0.4) is 0 Å². The van der Waals surface area contributed by atoms with Crippen molar-refractivity contribution in [1.29, 1.82) is 0 Å². The lowest BCUT2D eigenvalue weighted by molar-refractivity contribution is 0.382. The van der Waals surface area contributed by atoms with E-state index in [0.29, 0.717) is 5.56 Å². The zero-order chi connectivity index (χ0) is 16.2. The summed E-state index contributed by atoms with van der Waals surface area (Å²) in [6.45, 7) is 3.73. The summed E-state index contributed by atoms with van der Waals surface area (Å²) in [5.41, 5.74) is 7.09. The maximum Gasteiger partial charge on any atom is 0.243 e. The first kappa shape index (κ1) is 18.4. The Labute approximate surface area is 137 Å². The molecule has 1 rings (SSSR count). The third kappa shape index (κ3) is 4.42. The standard InChI is InChI=1S/C14H22N2O2S3/c1-10-9-12(5-6-13(10)14(15)19)21(17,18)16(3)11(2)7-8-20-4/h5-6,9,11H,7-8H2,1-4H3,(H2,15,19). The van der Waals surface area contributed by atoms with Crippen LogP contribution in [-0.4, -0.2) is 42.8 Å². The van der Waals surface area contributed by atoms with Crippen LogP contribution < -0.4 is 5.73 Å². The van der Waals surface area contributed by atoms with E-state index in [0.717, 1.165) is 17.7 Å². The van der Waals surface area contributed by atoms with Crippen molar-refractivity contribution in [3.05, 3.63) is 29.3 Å². The molecule has 21 heavy (non-hydrogen) atoms. The SMILES string of the molecule is CSCCC(C)N(C)S(=O)(=O)c1ccc(C(N)=S)c(C)c1. The van der Waals surface area contributed by atoms with Crippen LogP contribution in [0.1, 0.15) is 24.5 Å². The van der Waals surface area contributed by atoms with E-state index < -0.39 is 10.0 Å². The van der Waals surface area contributed by atoms with Gasteiger partial charge in [0, 0.05) is 18.7 Å². The van der Waals surface area contributed by atoms with Crippen LogP contribution in [0.15, 0.2) is 23.1 Å².